The fourth-order valence-electron chi connectivity index (χ4n) is 8.47. The molecule has 0 radical (unpaired) electrons. The highest BCUT2D eigenvalue weighted by Gasteiger charge is 2.64. The Morgan fingerprint density at radius 3 is 2.75 bits per heavy atom. The molecule has 2 N–H and O–H groups in total. The Morgan fingerprint density at radius 2 is 1.98 bits per heavy atom. The van der Waals surface area contributed by atoms with Crippen molar-refractivity contribution in [1.29, 1.82) is 0 Å². The van der Waals surface area contributed by atoms with Gasteiger partial charge in [-0.2, -0.15) is 9.97 Å². The number of aromatic nitrogens is 3. The van der Waals surface area contributed by atoms with Gasteiger partial charge in [0.1, 0.15) is 35.6 Å². The molecule has 2 aromatic carbocycles. The summed E-state index contributed by atoms with van der Waals surface area (Å²) in [5.41, 5.74) is 6.70. The van der Waals surface area contributed by atoms with Crippen molar-refractivity contribution >= 4 is 33.2 Å². The zero-order valence-corrected chi connectivity index (χ0v) is 26.8. The molecule has 8 nitrogen and oxygen atoms in total. The molecule has 4 heterocycles. The van der Waals surface area contributed by atoms with Crippen molar-refractivity contribution in [2.75, 3.05) is 50.1 Å². The number of hydrogen-bond donors (Lipinski definition) is 1. The van der Waals surface area contributed by atoms with Crippen molar-refractivity contribution in [2.24, 2.45) is 17.3 Å². The summed E-state index contributed by atoms with van der Waals surface area (Å²) < 4.78 is 58.2. The van der Waals surface area contributed by atoms with Crippen molar-refractivity contribution in [2.45, 2.75) is 56.8 Å². The number of rotatable bonds is 7. The number of ether oxygens (including phenoxy) is 2. The van der Waals surface area contributed by atoms with Crippen molar-refractivity contribution in [3.63, 3.8) is 0 Å². The number of anilines is 2. The van der Waals surface area contributed by atoms with E-state index < -0.39 is 17.8 Å². The van der Waals surface area contributed by atoms with Crippen LogP contribution in [-0.4, -0.2) is 77.1 Å². The van der Waals surface area contributed by atoms with Crippen molar-refractivity contribution in [3.8, 4) is 29.6 Å². The fourth-order valence-corrected chi connectivity index (χ4v) is 8.47. The molecule has 0 amide bonds. The number of benzene rings is 2. The Bertz CT molecular complexity index is 2030. The second-order valence-corrected chi connectivity index (χ2v) is 14.6. The maximum absolute atomic E-state index is 17.0. The summed E-state index contributed by atoms with van der Waals surface area (Å²) in [4.78, 5) is 18.7. The number of fused-ring (bicyclic) bond motifs is 3. The molecule has 5 aliphatic rings. The van der Waals surface area contributed by atoms with Crippen LogP contribution >= 0.6 is 0 Å². The quantitative estimate of drug-likeness (QED) is 0.195. The van der Waals surface area contributed by atoms with Gasteiger partial charge in [0.15, 0.2) is 5.82 Å². The maximum atomic E-state index is 17.0. The topological polar surface area (TPSA) is 89.6 Å². The Labute approximate surface area is 276 Å². The van der Waals surface area contributed by atoms with Crippen LogP contribution in [0, 0.1) is 41.2 Å². The van der Waals surface area contributed by atoms with Crippen LogP contribution in [0.15, 0.2) is 30.5 Å². The number of pyridine rings is 1. The Hall–Kier alpha value is -4.14. The second-order valence-electron chi connectivity index (χ2n) is 14.6. The van der Waals surface area contributed by atoms with Crippen LogP contribution in [0.5, 0.6) is 6.01 Å². The average Bonchev–Trinajstić information content (AvgIpc) is 3.97. The highest BCUT2D eigenvalue weighted by molar-refractivity contribution is 6.03. The number of likely N-dealkylation sites (tertiary alicyclic amines) is 1. The maximum Gasteiger partial charge on any atom is 0.319 e. The van der Waals surface area contributed by atoms with Crippen molar-refractivity contribution in [3.05, 3.63) is 47.7 Å². The van der Waals surface area contributed by atoms with Crippen molar-refractivity contribution in [1.82, 2.24) is 19.9 Å². The van der Waals surface area contributed by atoms with Gasteiger partial charge in [-0.15, -0.1) is 6.42 Å². The van der Waals surface area contributed by atoms with Crippen LogP contribution in [0.25, 0.3) is 32.9 Å². The Kier molecular flexibility index (Phi) is 6.67. The van der Waals surface area contributed by atoms with Gasteiger partial charge in [0, 0.05) is 53.8 Å². The minimum absolute atomic E-state index is 0.00850. The lowest BCUT2D eigenvalue weighted by molar-refractivity contribution is 0.0428. The van der Waals surface area contributed by atoms with Crippen LogP contribution in [0.4, 0.5) is 24.7 Å². The molecule has 2 aliphatic heterocycles. The first kappa shape index (κ1) is 30.0. The molecule has 0 bridgehead atoms. The number of terminal acetylenes is 1. The standard InChI is InChI=1S/C37H37F3N6O2/c1-3-24-27(38)5-4-20-12-23(41)15-25(30(20)24)32-31(40)33-26(16-42-32)34(46-10-11-47-18-22-14-29(22)46)44-35(43-33)48-19-36(2)37(6-7-37)8-9-45(36)17-21-13-28(21)39/h1,4-5,12,15-16,21-22,28-29H,6-11,13-14,17-19,41H2,2H3/t21?,22?,28?,29?,36-/m0/s1. The first-order valence-corrected chi connectivity index (χ1v) is 16.9. The van der Waals surface area contributed by atoms with E-state index in [1.165, 1.54) is 6.07 Å². The summed E-state index contributed by atoms with van der Waals surface area (Å²) in [7, 11) is 0. The summed E-state index contributed by atoms with van der Waals surface area (Å²) in [6, 6.07) is 6.37. The third-order valence-electron chi connectivity index (χ3n) is 11.8. The second kappa shape index (κ2) is 10.7. The number of nitrogens with two attached hydrogens (primary N) is 1. The molecule has 3 aliphatic carbocycles. The van der Waals surface area contributed by atoms with Crippen LogP contribution < -0.4 is 15.4 Å². The van der Waals surface area contributed by atoms with Gasteiger partial charge in [-0.1, -0.05) is 12.0 Å². The molecule has 2 saturated heterocycles. The van der Waals surface area contributed by atoms with E-state index in [9.17, 15) is 8.78 Å². The smallest absolute Gasteiger partial charge is 0.319 e. The summed E-state index contributed by atoms with van der Waals surface area (Å²) in [5.74, 6) is 2.13. The van der Waals surface area contributed by atoms with Gasteiger partial charge in [-0.05, 0) is 74.6 Å². The van der Waals surface area contributed by atoms with Crippen LogP contribution in [0.1, 0.15) is 44.6 Å². The van der Waals surface area contributed by atoms with Gasteiger partial charge in [-0.3, -0.25) is 9.88 Å². The molecule has 248 valence electrons. The van der Waals surface area contributed by atoms with Crippen LogP contribution in [0.3, 0.4) is 0 Å². The lowest BCUT2D eigenvalue weighted by Crippen LogP contribution is -2.52. The summed E-state index contributed by atoms with van der Waals surface area (Å²) >= 11 is 0. The molecule has 5 fully saturated rings. The van der Waals surface area contributed by atoms with Crippen LogP contribution in [0.2, 0.25) is 0 Å². The van der Waals surface area contributed by atoms with Gasteiger partial charge >= 0.3 is 6.01 Å². The third kappa shape index (κ3) is 4.63. The largest absolute Gasteiger partial charge is 0.461 e. The van der Waals surface area contributed by atoms with Gasteiger partial charge in [-0.25, -0.2) is 13.2 Å². The van der Waals surface area contributed by atoms with E-state index in [2.05, 4.69) is 32.6 Å². The van der Waals surface area contributed by atoms with E-state index in [0.717, 1.165) is 32.2 Å². The van der Waals surface area contributed by atoms with E-state index in [-0.39, 0.29) is 51.3 Å². The molecule has 4 aromatic rings. The van der Waals surface area contributed by atoms with E-state index in [0.29, 0.717) is 72.9 Å². The predicted molar refractivity (Wildman–Crippen MR) is 177 cm³/mol. The van der Waals surface area contributed by atoms with E-state index in [1.54, 1.807) is 24.4 Å². The first-order valence-electron chi connectivity index (χ1n) is 16.9. The monoisotopic (exact) mass is 654 g/mol. The molecule has 3 saturated carbocycles. The highest BCUT2D eigenvalue weighted by atomic mass is 19.1. The molecule has 4 unspecified atom stereocenters. The molecule has 2 aromatic heterocycles. The molecule has 48 heavy (non-hydrogen) atoms. The summed E-state index contributed by atoms with van der Waals surface area (Å²) in [6.45, 7) is 5.91. The average molecular weight is 655 g/mol. The predicted octanol–water partition coefficient (Wildman–Crippen LogP) is 5.89. The van der Waals surface area contributed by atoms with E-state index in [4.69, 9.17) is 26.6 Å². The number of nitrogen functional groups attached to an aromatic ring is 1. The van der Waals surface area contributed by atoms with Gasteiger partial charge in [0.25, 0.3) is 0 Å². The minimum Gasteiger partial charge on any atom is -0.461 e. The van der Waals surface area contributed by atoms with Gasteiger partial charge < -0.3 is 20.1 Å². The minimum atomic E-state index is -0.725. The zero-order valence-electron chi connectivity index (χ0n) is 26.8. The Morgan fingerprint density at radius 1 is 1.15 bits per heavy atom. The van der Waals surface area contributed by atoms with Gasteiger partial charge in [0.2, 0.25) is 0 Å². The molecule has 9 rings (SSSR count). The molecular weight excluding hydrogens is 617 g/mol. The molecular formula is C37H37F3N6O2. The number of alkyl halides is 1. The summed E-state index contributed by atoms with van der Waals surface area (Å²) in [5, 5.41) is 1.37. The summed E-state index contributed by atoms with van der Waals surface area (Å²) in [6.07, 6.45) is 11.4. The van der Waals surface area contributed by atoms with Crippen LogP contribution in [-0.2, 0) is 4.74 Å². The number of nitrogens with zero attached hydrogens (tertiary/aromatic N) is 5. The van der Waals surface area contributed by atoms with Crippen molar-refractivity contribution < 1.29 is 22.6 Å². The number of halogens is 3. The normalized spacial score (nSPS) is 28.8. The van der Waals surface area contributed by atoms with Gasteiger partial charge in [0.05, 0.1) is 29.7 Å². The van der Waals surface area contributed by atoms with E-state index >= 15 is 4.39 Å². The number of hydrogen-bond acceptors (Lipinski definition) is 8. The molecule has 5 atom stereocenters. The zero-order chi connectivity index (χ0) is 32.9. The Balaban J connectivity index is 1.16. The lowest BCUT2D eigenvalue weighted by atomic mass is 9.83. The first-order chi connectivity index (χ1) is 23.2. The molecule has 11 heteroatoms. The highest BCUT2D eigenvalue weighted by Crippen LogP contribution is 2.63. The van der Waals surface area contributed by atoms with E-state index in [1.807, 2.05) is 0 Å². The third-order valence-corrected chi connectivity index (χ3v) is 11.8. The fraction of sp³-hybridized carbons (Fsp3) is 0.486. The molecule has 1 spiro atoms. The lowest BCUT2D eigenvalue weighted by Gasteiger charge is -2.39. The SMILES string of the molecule is C#Cc1c(F)ccc2cc(N)cc(-c3ncc4c(N5CCOCC6CC65)nc(OC[C@]5(C)N(CC6CC6F)CCC56CC6)nc4c3F)c12.